The number of sulfonamides is 1. The molecule has 0 radical (unpaired) electrons. The van der Waals surface area contributed by atoms with Gasteiger partial charge in [0, 0.05) is 19.6 Å². The number of benzene rings is 1. The first kappa shape index (κ1) is 15.8. The molecule has 2 N–H and O–H groups in total. The van der Waals surface area contributed by atoms with Crippen LogP contribution in [0.2, 0.25) is 0 Å². The van der Waals surface area contributed by atoms with Crippen LogP contribution in [0.25, 0.3) is 0 Å². The average molecular weight is 363 g/mol. The molecule has 1 unspecified atom stereocenters. The Morgan fingerprint density at radius 3 is 2.60 bits per heavy atom. The Kier molecular flexibility index (Phi) is 4.73. The molecule has 0 aromatic heterocycles. The van der Waals surface area contributed by atoms with Crippen LogP contribution in [0.3, 0.4) is 0 Å². The maximum Gasteiger partial charge on any atom is 0.243 e. The highest BCUT2D eigenvalue weighted by molar-refractivity contribution is 9.10. The van der Waals surface area contributed by atoms with Crippen molar-refractivity contribution < 1.29 is 13.2 Å². The number of nitrogens with zero attached hydrogens (tertiary/aromatic N) is 1. The third-order valence-corrected chi connectivity index (χ3v) is 6.17. The number of halogens is 1. The van der Waals surface area contributed by atoms with Crippen molar-refractivity contribution >= 4 is 26.0 Å². The maximum atomic E-state index is 12.6. The van der Waals surface area contributed by atoms with Crippen LogP contribution in [0, 0.1) is 5.92 Å². The highest BCUT2D eigenvalue weighted by atomic mass is 79.9. The van der Waals surface area contributed by atoms with Crippen molar-refractivity contribution in [2.75, 3.05) is 20.7 Å². The topological polar surface area (TPSA) is 72.6 Å². The van der Waals surface area contributed by atoms with Gasteiger partial charge in [0.05, 0.1) is 16.5 Å². The molecule has 7 heteroatoms. The SMILES string of the molecule is COc1ccc(S(=O)(=O)N(C)C(CN)C2CC2)cc1Br. The number of nitrogens with two attached hydrogens (primary N) is 1. The van der Waals surface area contributed by atoms with Crippen LogP contribution < -0.4 is 10.5 Å². The van der Waals surface area contributed by atoms with E-state index < -0.39 is 10.0 Å². The minimum Gasteiger partial charge on any atom is -0.496 e. The Morgan fingerprint density at radius 1 is 1.50 bits per heavy atom. The average Bonchev–Trinajstić information content (AvgIpc) is 3.24. The van der Waals surface area contributed by atoms with Crippen LogP contribution in [0.5, 0.6) is 5.75 Å². The van der Waals surface area contributed by atoms with E-state index in [0.717, 1.165) is 12.8 Å². The Bertz CT molecular complexity index is 587. The molecule has 1 aliphatic rings. The van der Waals surface area contributed by atoms with E-state index in [4.69, 9.17) is 10.5 Å². The molecular weight excluding hydrogens is 344 g/mol. The summed E-state index contributed by atoms with van der Waals surface area (Å²) in [6.07, 6.45) is 2.10. The van der Waals surface area contributed by atoms with Gasteiger partial charge in [0.2, 0.25) is 10.0 Å². The Balaban J connectivity index is 2.31. The Hall–Kier alpha value is -0.630. The van der Waals surface area contributed by atoms with E-state index >= 15 is 0 Å². The van der Waals surface area contributed by atoms with Crippen LogP contribution in [0.4, 0.5) is 0 Å². The van der Waals surface area contributed by atoms with E-state index in [0.29, 0.717) is 22.7 Å². The van der Waals surface area contributed by atoms with Crippen LogP contribution in [-0.4, -0.2) is 39.5 Å². The summed E-state index contributed by atoms with van der Waals surface area (Å²) in [4.78, 5) is 0.242. The van der Waals surface area contributed by atoms with Gasteiger partial charge in [-0.1, -0.05) is 0 Å². The van der Waals surface area contributed by atoms with Crippen molar-refractivity contribution in [2.45, 2.75) is 23.8 Å². The van der Waals surface area contributed by atoms with E-state index in [1.165, 1.54) is 11.4 Å². The summed E-state index contributed by atoms with van der Waals surface area (Å²) in [5.74, 6) is 0.991. The minimum atomic E-state index is -3.54. The van der Waals surface area contributed by atoms with Crippen molar-refractivity contribution in [3.05, 3.63) is 22.7 Å². The first-order valence-electron chi connectivity index (χ1n) is 6.43. The largest absolute Gasteiger partial charge is 0.496 e. The highest BCUT2D eigenvalue weighted by Crippen LogP contribution is 2.37. The van der Waals surface area contributed by atoms with Crippen LogP contribution in [0.15, 0.2) is 27.6 Å². The summed E-state index contributed by atoms with van der Waals surface area (Å²) >= 11 is 3.31. The number of ether oxygens (including phenoxy) is 1. The van der Waals surface area contributed by atoms with Gasteiger partial charge in [-0.05, 0) is 52.9 Å². The number of hydrogen-bond acceptors (Lipinski definition) is 4. The monoisotopic (exact) mass is 362 g/mol. The number of methoxy groups -OCH3 is 1. The van der Waals surface area contributed by atoms with E-state index in [1.807, 2.05) is 0 Å². The van der Waals surface area contributed by atoms with E-state index in [1.54, 1.807) is 25.2 Å². The highest BCUT2D eigenvalue weighted by Gasteiger charge is 2.38. The predicted molar refractivity (Wildman–Crippen MR) is 81.2 cm³/mol. The molecule has 0 bridgehead atoms. The third-order valence-electron chi connectivity index (χ3n) is 3.67. The van der Waals surface area contributed by atoms with Crippen LogP contribution >= 0.6 is 15.9 Å². The van der Waals surface area contributed by atoms with Gasteiger partial charge in [-0.15, -0.1) is 0 Å². The van der Waals surface area contributed by atoms with Gasteiger partial charge in [-0.25, -0.2) is 8.42 Å². The fourth-order valence-electron chi connectivity index (χ4n) is 2.27. The minimum absolute atomic E-state index is 0.124. The van der Waals surface area contributed by atoms with E-state index in [-0.39, 0.29) is 10.9 Å². The molecule has 112 valence electrons. The summed E-state index contributed by atoms with van der Waals surface area (Å²) in [7, 11) is -0.395. The summed E-state index contributed by atoms with van der Waals surface area (Å²) in [5, 5.41) is 0. The second-order valence-corrected chi connectivity index (χ2v) is 7.81. The molecule has 20 heavy (non-hydrogen) atoms. The summed E-state index contributed by atoms with van der Waals surface area (Å²) in [6.45, 7) is 0.345. The van der Waals surface area contributed by atoms with Gasteiger partial charge < -0.3 is 10.5 Å². The molecule has 1 aromatic rings. The lowest BCUT2D eigenvalue weighted by atomic mass is 10.2. The van der Waals surface area contributed by atoms with Crippen molar-refractivity contribution in [2.24, 2.45) is 11.7 Å². The fraction of sp³-hybridized carbons (Fsp3) is 0.538. The molecule has 1 saturated carbocycles. The molecule has 1 aliphatic carbocycles. The molecule has 0 amide bonds. The zero-order chi connectivity index (χ0) is 14.9. The van der Waals surface area contributed by atoms with Gasteiger partial charge >= 0.3 is 0 Å². The molecule has 0 saturated heterocycles. The lowest BCUT2D eigenvalue weighted by Crippen LogP contribution is -2.43. The van der Waals surface area contributed by atoms with Crippen molar-refractivity contribution in [1.82, 2.24) is 4.31 Å². The zero-order valence-corrected chi connectivity index (χ0v) is 13.9. The van der Waals surface area contributed by atoms with Crippen molar-refractivity contribution in [3.63, 3.8) is 0 Å². The predicted octanol–water partition coefficient (Wildman–Crippen LogP) is 1.82. The zero-order valence-electron chi connectivity index (χ0n) is 11.5. The quantitative estimate of drug-likeness (QED) is 0.837. The number of rotatable bonds is 6. The van der Waals surface area contributed by atoms with Crippen molar-refractivity contribution in [1.29, 1.82) is 0 Å². The number of hydrogen-bond donors (Lipinski definition) is 1. The second-order valence-electron chi connectivity index (χ2n) is 4.96. The summed E-state index contributed by atoms with van der Waals surface area (Å²) < 4.78 is 32.4. The standard InChI is InChI=1S/C13H19BrN2O3S/c1-16(12(8-15)9-3-4-9)20(17,18)10-5-6-13(19-2)11(14)7-10/h5-7,9,12H,3-4,8,15H2,1-2H3. The molecule has 0 spiro atoms. The third kappa shape index (κ3) is 3.00. The van der Waals surface area contributed by atoms with Gasteiger partial charge in [0.25, 0.3) is 0 Å². The van der Waals surface area contributed by atoms with E-state index in [9.17, 15) is 8.42 Å². The smallest absolute Gasteiger partial charge is 0.243 e. The normalized spacial score (nSPS) is 17.2. The maximum absolute atomic E-state index is 12.6. The molecule has 0 aliphatic heterocycles. The molecule has 0 heterocycles. The van der Waals surface area contributed by atoms with Gasteiger partial charge in [-0.2, -0.15) is 4.31 Å². The fourth-order valence-corrected chi connectivity index (χ4v) is 4.42. The Morgan fingerprint density at radius 2 is 2.15 bits per heavy atom. The first-order valence-corrected chi connectivity index (χ1v) is 8.66. The second kappa shape index (κ2) is 6.01. The van der Waals surface area contributed by atoms with Gasteiger partial charge in [-0.3, -0.25) is 0 Å². The molecule has 5 nitrogen and oxygen atoms in total. The van der Waals surface area contributed by atoms with Crippen LogP contribution in [0.1, 0.15) is 12.8 Å². The Labute approximate surface area is 128 Å². The van der Waals surface area contributed by atoms with E-state index in [2.05, 4.69) is 15.9 Å². The lowest BCUT2D eigenvalue weighted by Gasteiger charge is -2.26. The molecule has 1 atom stereocenters. The molecule has 1 fully saturated rings. The molecule has 2 rings (SSSR count). The lowest BCUT2D eigenvalue weighted by molar-refractivity contribution is 0.340. The molecule has 1 aromatic carbocycles. The van der Waals surface area contributed by atoms with Crippen LogP contribution in [-0.2, 0) is 10.0 Å². The summed E-state index contributed by atoms with van der Waals surface area (Å²) in [5.41, 5.74) is 5.73. The first-order chi connectivity index (χ1) is 9.41. The summed E-state index contributed by atoms with van der Waals surface area (Å²) in [6, 6.07) is 4.63. The van der Waals surface area contributed by atoms with Gasteiger partial charge in [0.15, 0.2) is 0 Å². The van der Waals surface area contributed by atoms with Gasteiger partial charge in [0.1, 0.15) is 5.75 Å². The molecular formula is C13H19BrN2O3S. The number of likely N-dealkylation sites (N-methyl/N-ethyl adjacent to an activating group) is 1. The van der Waals surface area contributed by atoms with Crippen molar-refractivity contribution in [3.8, 4) is 5.75 Å².